The molecule has 140 valence electrons. The molecule has 0 aliphatic heterocycles. The number of nitrogens with zero attached hydrogens (tertiary/aromatic N) is 1. The molecule has 0 bridgehead atoms. The number of hydrogen-bond acceptors (Lipinski definition) is 4. The summed E-state index contributed by atoms with van der Waals surface area (Å²) in [4.78, 5) is 18.9. The average Bonchev–Trinajstić information content (AvgIpc) is 2.65. The summed E-state index contributed by atoms with van der Waals surface area (Å²) in [5.74, 6) is 1.44. The van der Waals surface area contributed by atoms with Crippen LogP contribution in [0, 0.1) is 6.92 Å². The molecular formula is C21H22ClN3O2. The smallest absolute Gasteiger partial charge is 0.251 e. The van der Waals surface area contributed by atoms with Gasteiger partial charge in [-0.15, -0.1) is 0 Å². The van der Waals surface area contributed by atoms with Crippen LogP contribution in [0.4, 0.5) is 0 Å². The van der Waals surface area contributed by atoms with Crippen molar-refractivity contribution in [1.29, 1.82) is 0 Å². The van der Waals surface area contributed by atoms with Crippen LogP contribution in [-0.4, -0.2) is 17.1 Å². The topological polar surface area (TPSA) is 67.0 Å². The fourth-order valence-electron chi connectivity index (χ4n) is 2.94. The SMILES string of the molecule is COc1ccc(CN[C@H](Cc2cc(=O)[nH]c(C)n2)c2ccc(Cl)cc2)cc1. The Morgan fingerprint density at radius 1 is 1.15 bits per heavy atom. The van der Waals surface area contributed by atoms with Crippen LogP contribution in [0.15, 0.2) is 59.4 Å². The molecule has 27 heavy (non-hydrogen) atoms. The van der Waals surface area contributed by atoms with Gasteiger partial charge in [0.15, 0.2) is 0 Å². The van der Waals surface area contributed by atoms with Crippen molar-refractivity contribution in [3.8, 4) is 5.75 Å². The maximum Gasteiger partial charge on any atom is 0.251 e. The van der Waals surface area contributed by atoms with E-state index in [4.69, 9.17) is 16.3 Å². The minimum atomic E-state index is -0.137. The Labute approximate surface area is 163 Å². The fourth-order valence-corrected chi connectivity index (χ4v) is 3.07. The molecule has 6 heteroatoms. The molecule has 0 amide bonds. The lowest BCUT2D eigenvalue weighted by Gasteiger charge is -2.19. The summed E-state index contributed by atoms with van der Waals surface area (Å²) in [6, 6.07) is 17.2. The highest BCUT2D eigenvalue weighted by molar-refractivity contribution is 6.30. The first kappa shape index (κ1) is 19.1. The number of aromatic amines is 1. The van der Waals surface area contributed by atoms with Gasteiger partial charge in [0, 0.05) is 35.8 Å². The lowest BCUT2D eigenvalue weighted by Crippen LogP contribution is -2.24. The zero-order valence-corrected chi connectivity index (χ0v) is 16.1. The predicted molar refractivity (Wildman–Crippen MR) is 107 cm³/mol. The largest absolute Gasteiger partial charge is 0.497 e. The molecule has 1 atom stereocenters. The van der Waals surface area contributed by atoms with E-state index in [0.717, 1.165) is 22.6 Å². The highest BCUT2D eigenvalue weighted by atomic mass is 35.5. The minimum absolute atomic E-state index is 0.00179. The zero-order chi connectivity index (χ0) is 19.2. The molecule has 3 aromatic rings. The second kappa shape index (κ2) is 8.84. The van der Waals surface area contributed by atoms with Crippen LogP contribution in [0.2, 0.25) is 5.02 Å². The first-order chi connectivity index (χ1) is 13.0. The zero-order valence-electron chi connectivity index (χ0n) is 15.3. The van der Waals surface area contributed by atoms with Crippen LogP contribution in [0.3, 0.4) is 0 Å². The van der Waals surface area contributed by atoms with Gasteiger partial charge in [0.2, 0.25) is 0 Å². The molecule has 0 aliphatic carbocycles. The van der Waals surface area contributed by atoms with E-state index >= 15 is 0 Å². The second-order valence-corrected chi connectivity index (χ2v) is 6.80. The van der Waals surface area contributed by atoms with Crippen molar-refractivity contribution < 1.29 is 4.74 Å². The molecule has 3 rings (SSSR count). The minimum Gasteiger partial charge on any atom is -0.497 e. The maximum absolute atomic E-state index is 11.8. The van der Waals surface area contributed by atoms with Crippen molar-refractivity contribution in [2.45, 2.75) is 25.9 Å². The molecule has 0 aliphatic rings. The van der Waals surface area contributed by atoms with Crippen LogP contribution in [0.1, 0.15) is 28.7 Å². The van der Waals surface area contributed by atoms with E-state index in [9.17, 15) is 4.79 Å². The molecule has 5 nitrogen and oxygen atoms in total. The quantitative estimate of drug-likeness (QED) is 0.651. The number of aromatic nitrogens is 2. The monoisotopic (exact) mass is 383 g/mol. The third-order valence-corrected chi connectivity index (χ3v) is 4.56. The van der Waals surface area contributed by atoms with E-state index < -0.39 is 0 Å². The van der Waals surface area contributed by atoms with Crippen LogP contribution < -0.4 is 15.6 Å². The number of halogens is 1. The summed E-state index contributed by atoms with van der Waals surface area (Å²) in [6.45, 7) is 2.46. The maximum atomic E-state index is 11.8. The molecule has 0 spiro atoms. The van der Waals surface area contributed by atoms with E-state index in [0.29, 0.717) is 23.8 Å². The molecule has 1 heterocycles. The van der Waals surface area contributed by atoms with Crippen molar-refractivity contribution >= 4 is 11.6 Å². The molecule has 0 saturated heterocycles. The van der Waals surface area contributed by atoms with Gasteiger partial charge >= 0.3 is 0 Å². The summed E-state index contributed by atoms with van der Waals surface area (Å²) >= 11 is 6.03. The van der Waals surface area contributed by atoms with Crippen molar-refractivity contribution in [2.24, 2.45) is 0 Å². The Morgan fingerprint density at radius 2 is 1.85 bits per heavy atom. The van der Waals surface area contributed by atoms with Gasteiger partial charge in [-0.25, -0.2) is 4.98 Å². The standard InChI is InChI=1S/C21H22ClN3O2/c1-14-24-18(12-21(26)25-14)11-20(16-5-7-17(22)8-6-16)23-13-15-3-9-19(27-2)10-4-15/h3-10,12,20,23H,11,13H2,1-2H3,(H,24,25,26)/t20-/m1/s1. The van der Waals surface area contributed by atoms with Crippen LogP contribution in [-0.2, 0) is 13.0 Å². The van der Waals surface area contributed by atoms with E-state index in [1.165, 1.54) is 0 Å². The third-order valence-electron chi connectivity index (χ3n) is 4.31. The van der Waals surface area contributed by atoms with Crippen molar-refractivity contribution in [3.63, 3.8) is 0 Å². The average molecular weight is 384 g/mol. The summed E-state index contributed by atoms with van der Waals surface area (Å²) in [6.07, 6.45) is 0.600. The number of H-pyrrole nitrogens is 1. The number of benzene rings is 2. The van der Waals surface area contributed by atoms with Gasteiger partial charge in [-0.2, -0.15) is 0 Å². The first-order valence-electron chi connectivity index (χ1n) is 8.72. The van der Waals surface area contributed by atoms with Crippen LogP contribution in [0.5, 0.6) is 5.75 Å². The molecule has 0 saturated carbocycles. The molecule has 0 unspecified atom stereocenters. The van der Waals surface area contributed by atoms with Crippen molar-refractivity contribution in [3.05, 3.63) is 92.6 Å². The number of nitrogens with one attached hydrogen (secondary N) is 2. The van der Waals surface area contributed by atoms with Gasteiger partial charge in [0.05, 0.1) is 7.11 Å². The lowest BCUT2D eigenvalue weighted by atomic mass is 10.0. The highest BCUT2D eigenvalue weighted by Gasteiger charge is 2.14. The summed E-state index contributed by atoms with van der Waals surface area (Å²) in [5, 5.41) is 4.25. The lowest BCUT2D eigenvalue weighted by molar-refractivity contribution is 0.414. The normalized spacial score (nSPS) is 12.0. The fraction of sp³-hybridized carbons (Fsp3) is 0.238. The summed E-state index contributed by atoms with van der Waals surface area (Å²) < 4.78 is 5.20. The van der Waals surface area contributed by atoms with Crippen LogP contribution in [0.25, 0.3) is 0 Å². The number of rotatable bonds is 7. The Morgan fingerprint density at radius 3 is 2.48 bits per heavy atom. The van der Waals surface area contributed by atoms with Gasteiger partial charge in [-0.1, -0.05) is 35.9 Å². The Kier molecular flexibility index (Phi) is 6.27. The Hall–Kier alpha value is -2.63. The van der Waals surface area contributed by atoms with E-state index in [1.807, 2.05) is 48.5 Å². The Bertz CT molecular complexity index is 937. The third kappa shape index (κ3) is 5.42. The van der Waals surface area contributed by atoms with E-state index in [-0.39, 0.29) is 11.6 Å². The second-order valence-electron chi connectivity index (χ2n) is 6.36. The van der Waals surface area contributed by atoms with Gasteiger partial charge in [0.25, 0.3) is 5.56 Å². The molecule has 0 radical (unpaired) electrons. The molecule has 1 aromatic heterocycles. The predicted octanol–water partition coefficient (Wildman–Crippen LogP) is 3.81. The van der Waals surface area contributed by atoms with Gasteiger partial charge in [-0.05, 0) is 42.3 Å². The first-order valence-corrected chi connectivity index (χ1v) is 9.10. The van der Waals surface area contributed by atoms with E-state index in [2.05, 4.69) is 15.3 Å². The number of aryl methyl sites for hydroxylation is 1. The molecule has 2 aromatic carbocycles. The number of hydrogen-bond donors (Lipinski definition) is 2. The molecule has 0 fully saturated rings. The number of ether oxygens (including phenoxy) is 1. The highest BCUT2D eigenvalue weighted by Crippen LogP contribution is 2.21. The summed E-state index contributed by atoms with van der Waals surface area (Å²) in [7, 11) is 1.65. The molecular weight excluding hydrogens is 362 g/mol. The molecule has 2 N–H and O–H groups in total. The van der Waals surface area contributed by atoms with E-state index in [1.54, 1.807) is 20.1 Å². The van der Waals surface area contributed by atoms with Gasteiger partial charge in [-0.3, -0.25) is 4.79 Å². The Balaban J connectivity index is 1.80. The van der Waals surface area contributed by atoms with Gasteiger partial charge in [0.1, 0.15) is 11.6 Å². The van der Waals surface area contributed by atoms with Crippen molar-refractivity contribution in [1.82, 2.24) is 15.3 Å². The number of methoxy groups -OCH3 is 1. The van der Waals surface area contributed by atoms with Gasteiger partial charge < -0.3 is 15.0 Å². The van der Waals surface area contributed by atoms with Crippen molar-refractivity contribution in [2.75, 3.05) is 7.11 Å². The van der Waals surface area contributed by atoms with Crippen LogP contribution >= 0.6 is 11.6 Å². The summed E-state index contributed by atoms with van der Waals surface area (Å²) in [5.41, 5.74) is 2.85.